The molecule has 0 unspecified atom stereocenters. The average Bonchev–Trinajstić information content (AvgIpc) is 2.68. The molecule has 2 aromatic carbocycles. The van der Waals surface area contributed by atoms with E-state index in [1.807, 2.05) is 75.4 Å². The molecule has 28 heavy (non-hydrogen) atoms. The van der Waals surface area contributed by atoms with Crippen LogP contribution in [0, 0.1) is 21.3 Å². The van der Waals surface area contributed by atoms with Crippen LogP contribution in [0.3, 0.4) is 0 Å². The zero-order valence-corrected chi connectivity index (χ0v) is 20.3. The van der Waals surface area contributed by atoms with Gasteiger partial charge in [-0.2, -0.15) is 5.10 Å². The molecule has 3 aromatic rings. The van der Waals surface area contributed by atoms with Crippen LogP contribution in [-0.2, 0) is 45.7 Å². The number of aryl methyl sites for hydroxylation is 4. The van der Waals surface area contributed by atoms with Crippen LogP contribution in [0.1, 0.15) is 30.7 Å². The van der Waals surface area contributed by atoms with E-state index >= 15 is 0 Å². The monoisotopic (exact) mass is 454 g/mol. The average molecular weight is 454 g/mol. The molecule has 147 valence electrons. The topological polar surface area (TPSA) is 55.1 Å². The molecule has 1 N–H and O–H groups in total. The first-order valence-electron chi connectivity index (χ1n) is 8.98. The van der Waals surface area contributed by atoms with Gasteiger partial charge in [-0.05, 0) is 37.0 Å². The first-order chi connectivity index (χ1) is 12.6. The van der Waals surface area contributed by atoms with E-state index in [0.717, 1.165) is 16.7 Å². The smallest absolute Gasteiger partial charge is 0.278 e. The molecule has 0 bridgehead atoms. The Balaban J connectivity index is 0.00000177. The van der Waals surface area contributed by atoms with Crippen LogP contribution >= 0.6 is 0 Å². The molecule has 0 aliphatic rings. The molecule has 4 nitrogen and oxygen atoms in total. The molecule has 0 amide bonds. The summed E-state index contributed by atoms with van der Waals surface area (Å²) < 4.78 is 1.45. The van der Waals surface area contributed by atoms with E-state index in [2.05, 4.69) is 5.10 Å². The normalized spacial score (nSPS) is 9.43. The number of hydrogen-bond acceptors (Lipinski definition) is 3. The molecule has 0 atom stereocenters. The van der Waals surface area contributed by atoms with Gasteiger partial charge in [-0.1, -0.05) is 68.4 Å². The van der Waals surface area contributed by atoms with Gasteiger partial charge in [0.05, 0.1) is 5.56 Å². The van der Waals surface area contributed by atoms with E-state index in [0.29, 0.717) is 24.2 Å². The van der Waals surface area contributed by atoms with Crippen LogP contribution in [0.15, 0.2) is 59.4 Å². The Hall–Kier alpha value is -1.78. The SMILES string of the molecule is CC.Cc1ccccc1-c1c(O)c(C)nn(CCc2ccccc2)c1=O.[CH3-].[Y]. The Bertz CT molecular complexity index is 922. The van der Waals surface area contributed by atoms with Crippen LogP contribution < -0.4 is 5.56 Å². The van der Waals surface area contributed by atoms with Gasteiger partial charge >= 0.3 is 0 Å². The van der Waals surface area contributed by atoms with Crippen molar-refractivity contribution in [1.29, 1.82) is 0 Å². The quantitative estimate of drug-likeness (QED) is 0.568. The predicted octanol–water partition coefficient (Wildman–Crippen LogP) is 4.95. The van der Waals surface area contributed by atoms with Gasteiger partial charge in [0.25, 0.3) is 5.56 Å². The predicted molar refractivity (Wildman–Crippen MR) is 113 cm³/mol. The number of aromatic nitrogens is 2. The third kappa shape index (κ3) is 6.11. The number of benzene rings is 2. The fraction of sp³-hybridized carbons (Fsp3) is 0.261. The Morgan fingerprint density at radius 1 is 0.964 bits per heavy atom. The van der Waals surface area contributed by atoms with E-state index in [1.54, 1.807) is 6.92 Å². The van der Waals surface area contributed by atoms with Crippen LogP contribution in [0.4, 0.5) is 0 Å². The van der Waals surface area contributed by atoms with Crippen molar-refractivity contribution < 1.29 is 37.8 Å². The Morgan fingerprint density at radius 3 is 2.14 bits per heavy atom. The standard InChI is InChI=1S/C20H20N2O2.C2H6.CH3.Y/c1-14-8-6-7-11-17(14)18-19(23)15(2)21-22(20(18)24)13-12-16-9-4-3-5-10-16;1-2;;/h3-11,23H,12-13H2,1-2H3;1-2H3;1H3;/q;;-1;. The first-order valence-corrected chi connectivity index (χ1v) is 8.98. The summed E-state index contributed by atoms with van der Waals surface area (Å²) >= 11 is 0. The number of aromatic hydroxyl groups is 1. The zero-order valence-electron chi connectivity index (χ0n) is 17.4. The molecular weight excluding hydrogens is 425 g/mol. The summed E-state index contributed by atoms with van der Waals surface area (Å²) in [5.41, 5.74) is 3.37. The molecule has 1 radical (unpaired) electrons. The second-order valence-electron chi connectivity index (χ2n) is 5.89. The maximum absolute atomic E-state index is 12.9. The molecule has 0 aliphatic carbocycles. The molecule has 3 rings (SSSR count). The number of hydrogen-bond donors (Lipinski definition) is 1. The second kappa shape index (κ2) is 12.6. The van der Waals surface area contributed by atoms with Crippen molar-refractivity contribution in [3.05, 3.63) is 89.2 Å². The summed E-state index contributed by atoms with van der Waals surface area (Å²) in [5.74, 6) is -0.0368. The van der Waals surface area contributed by atoms with E-state index in [4.69, 9.17) is 0 Å². The molecule has 0 saturated heterocycles. The Labute approximate surface area is 193 Å². The maximum atomic E-state index is 12.9. The summed E-state index contributed by atoms with van der Waals surface area (Å²) in [6.07, 6.45) is 0.713. The fourth-order valence-electron chi connectivity index (χ4n) is 2.81. The molecule has 5 heteroatoms. The van der Waals surface area contributed by atoms with E-state index < -0.39 is 0 Å². The van der Waals surface area contributed by atoms with Crippen LogP contribution in [0.5, 0.6) is 5.75 Å². The summed E-state index contributed by atoms with van der Waals surface area (Å²) in [6.45, 7) is 8.12. The first kappa shape index (κ1) is 26.2. The van der Waals surface area contributed by atoms with Gasteiger partial charge in [-0.15, -0.1) is 0 Å². The fourth-order valence-corrected chi connectivity index (χ4v) is 2.81. The van der Waals surface area contributed by atoms with Crippen LogP contribution in [-0.4, -0.2) is 14.9 Å². The van der Waals surface area contributed by atoms with E-state index in [1.165, 1.54) is 4.68 Å². The van der Waals surface area contributed by atoms with Gasteiger partial charge < -0.3 is 12.5 Å². The molecular formula is C23H29N2O2Y-. The Morgan fingerprint density at radius 2 is 1.54 bits per heavy atom. The van der Waals surface area contributed by atoms with Crippen molar-refractivity contribution in [3.63, 3.8) is 0 Å². The minimum Gasteiger partial charge on any atom is -0.505 e. The number of rotatable bonds is 4. The van der Waals surface area contributed by atoms with Gasteiger partial charge in [-0.25, -0.2) is 4.68 Å². The van der Waals surface area contributed by atoms with Crippen molar-refractivity contribution in [3.8, 4) is 16.9 Å². The van der Waals surface area contributed by atoms with Gasteiger partial charge in [0.1, 0.15) is 5.69 Å². The maximum Gasteiger partial charge on any atom is 0.278 e. The largest absolute Gasteiger partial charge is 0.505 e. The van der Waals surface area contributed by atoms with E-state index in [-0.39, 0.29) is 51.4 Å². The van der Waals surface area contributed by atoms with E-state index in [9.17, 15) is 9.90 Å². The summed E-state index contributed by atoms with van der Waals surface area (Å²) in [6, 6.07) is 17.5. The van der Waals surface area contributed by atoms with Crippen molar-refractivity contribution in [2.75, 3.05) is 0 Å². The van der Waals surface area contributed by atoms with Crippen molar-refractivity contribution in [2.24, 2.45) is 0 Å². The van der Waals surface area contributed by atoms with Gasteiger partial charge in [0.2, 0.25) is 0 Å². The van der Waals surface area contributed by atoms with Gasteiger partial charge in [0, 0.05) is 39.3 Å². The third-order valence-electron chi connectivity index (χ3n) is 4.17. The molecule has 0 fully saturated rings. The van der Waals surface area contributed by atoms with Crippen molar-refractivity contribution in [1.82, 2.24) is 9.78 Å². The van der Waals surface area contributed by atoms with Gasteiger partial charge in [-0.3, -0.25) is 4.79 Å². The molecule has 0 saturated carbocycles. The minimum atomic E-state index is -0.261. The number of nitrogens with zero attached hydrogens (tertiary/aromatic N) is 2. The summed E-state index contributed by atoms with van der Waals surface area (Å²) in [5, 5.41) is 14.6. The van der Waals surface area contributed by atoms with Crippen LogP contribution in [0.25, 0.3) is 11.1 Å². The van der Waals surface area contributed by atoms with Crippen molar-refractivity contribution in [2.45, 2.75) is 40.7 Å². The molecule has 1 aromatic heterocycles. The van der Waals surface area contributed by atoms with Crippen molar-refractivity contribution >= 4 is 0 Å². The summed E-state index contributed by atoms with van der Waals surface area (Å²) in [7, 11) is 0. The zero-order chi connectivity index (χ0) is 19.1. The third-order valence-corrected chi connectivity index (χ3v) is 4.17. The summed E-state index contributed by atoms with van der Waals surface area (Å²) in [4.78, 5) is 12.9. The molecule has 0 aliphatic heterocycles. The molecule has 0 spiro atoms. The van der Waals surface area contributed by atoms with Crippen LogP contribution in [0.2, 0.25) is 0 Å². The van der Waals surface area contributed by atoms with Gasteiger partial charge in [0.15, 0.2) is 5.75 Å². The molecule has 1 heterocycles. The Kier molecular flexibility index (Phi) is 11.8. The minimum absolute atomic E-state index is 0. The second-order valence-corrected chi connectivity index (χ2v) is 5.89.